The van der Waals surface area contributed by atoms with Gasteiger partial charge in [-0.1, -0.05) is 75.2 Å². The number of ether oxygens (including phenoxy) is 1. The van der Waals surface area contributed by atoms with E-state index in [-0.39, 0.29) is 30.4 Å². The molecule has 7 nitrogen and oxygen atoms in total. The van der Waals surface area contributed by atoms with E-state index in [1.807, 2.05) is 24.3 Å². The largest absolute Gasteiger partial charge is 0.480 e. The summed E-state index contributed by atoms with van der Waals surface area (Å²) in [5.41, 5.74) is 4.60. The number of amides is 2. The Labute approximate surface area is 199 Å². The molecule has 0 unspecified atom stereocenters. The molecule has 0 bridgehead atoms. The van der Waals surface area contributed by atoms with E-state index in [2.05, 4.69) is 34.9 Å². The van der Waals surface area contributed by atoms with Crippen LogP contribution in [0.3, 0.4) is 0 Å². The number of fused-ring (bicyclic) bond motifs is 3. The number of aliphatic carboxylic acids is 1. The van der Waals surface area contributed by atoms with E-state index < -0.39 is 24.0 Å². The molecule has 0 aliphatic heterocycles. The van der Waals surface area contributed by atoms with Crippen molar-refractivity contribution in [1.82, 2.24) is 10.6 Å². The molecule has 2 aromatic rings. The molecule has 1 fully saturated rings. The highest BCUT2D eigenvalue weighted by molar-refractivity contribution is 5.86. The van der Waals surface area contributed by atoms with Crippen LogP contribution in [0.1, 0.15) is 56.6 Å². The number of nitrogens with one attached hydrogen (secondary N) is 2. The highest BCUT2D eigenvalue weighted by Gasteiger charge is 2.35. The summed E-state index contributed by atoms with van der Waals surface area (Å²) in [7, 11) is 0. The first-order valence-corrected chi connectivity index (χ1v) is 12.0. The van der Waals surface area contributed by atoms with Gasteiger partial charge in [-0.15, -0.1) is 0 Å². The van der Waals surface area contributed by atoms with Gasteiger partial charge in [-0.25, -0.2) is 9.59 Å². The first-order chi connectivity index (χ1) is 16.4. The van der Waals surface area contributed by atoms with Gasteiger partial charge in [-0.05, 0) is 41.0 Å². The van der Waals surface area contributed by atoms with Crippen LogP contribution < -0.4 is 10.6 Å². The van der Waals surface area contributed by atoms with Gasteiger partial charge < -0.3 is 20.5 Å². The van der Waals surface area contributed by atoms with Gasteiger partial charge >= 0.3 is 12.1 Å². The van der Waals surface area contributed by atoms with Crippen molar-refractivity contribution < 1.29 is 24.2 Å². The number of carboxylic acid groups (broad SMARTS) is 1. The summed E-state index contributed by atoms with van der Waals surface area (Å²) in [6.45, 7) is 3.72. The topological polar surface area (TPSA) is 105 Å². The second kappa shape index (κ2) is 10.3. The van der Waals surface area contributed by atoms with Crippen molar-refractivity contribution in [2.45, 2.75) is 57.5 Å². The molecule has 2 aliphatic rings. The maximum atomic E-state index is 12.9. The third-order valence-electron chi connectivity index (χ3n) is 6.98. The van der Waals surface area contributed by atoms with Crippen molar-refractivity contribution in [3.05, 3.63) is 59.7 Å². The molecular weight excluding hydrogens is 432 g/mol. The molecule has 7 heteroatoms. The summed E-state index contributed by atoms with van der Waals surface area (Å²) >= 11 is 0. The average Bonchev–Trinajstić information content (AvgIpc) is 3.14. The normalized spacial score (nSPS) is 20.2. The number of hydrogen-bond donors (Lipinski definition) is 3. The van der Waals surface area contributed by atoms with Crippen LogP contribution in [-0.2, 0) is 14.3 Å². The Bertz CT molecular complexity index is 1020. The molecular formula is C27H32N2O5. The van der Waals surface area contributed by atoms with Crippen LogP contribution in [0.15, 0.2) is 48.5 Å². The Morgan fingerprint density at radius 3 is 2.15 bits per heavy atom. The zero-order valence-corrected chi connectivity index (χ0v) is 19.6. The van der Waals surface area contributed by atoms with Crippen molar-refractivity contribution >= 4 is 18.0 Å². The number of rotatable bonds is 7. The highest BCUT2D eigenvalue weighted by atomic mass is 16.5. The lowest BCUT2D eigenvalue weighted by Gasteiger charge is -2.32. The second-order valence-electron chi connectivity index (χ2n) is 9.54. The van der Waals surface area contributed by atoms with Gasteiger partial charge in [0.05, 0.1) is 5.92 Å². The number of carboxylic acids is 1. The zero-order valence-electron chi connectivity index (χ0n) is 19.6. The molecule has 0 spiro atoms. The fourth-order valence-electron chi connectivity index (χ4n) is 5.18. The summed E-state index contributed by atoms with van der Waals surface area (Å²) in [4.78, 5) is 37.1. The Kier molecular flexibility index (Phi) is 7.20. The van der Waals surface area contributed by atoms with Crippen molar-refractivity contribution in [1.29, 1.82) is 0 Å². The molecule has 3 atom stereocenters. The van der Waals surface area contributed by atoms with Gasteiger partial charge in [0.25, 0.3) is 0 Å². The summed E-state index contributed by atoms with van der Waals surface area (Å²) in [5, 5.41) is 15.0. The molecule has 2 aliphatic carbocycles. The number of alkyl carbamates (subject to hydrolysis) is 1. The van der Waals surface area contributed by atoms with E-state index in [0.717, 1.165) is 35.1 Å². The second-order valence-corrected chi connectivity index (χ2v) is 9.54. The van der Waals surface area contributed by atoms with Crippen molar-refractivity contribution in [2.24, 2.45) is 11.8 Å². The molecule has 0 aromatic heterocycles. The lowest BCUT2D eigenvalue weighted by Crippen LogP contribution is -2.53. The fraction of sp³-hybridized carbons (Fsp3) is 0.444. The van der Waals surface area contributed by atoms with Crippen LogP contribution in [0.5, 0.6) is 0 Å². The molecule has 2 aromatic carbocycles. The van der Waals surface area contributed by atoms with Crippen LogP contribution in [0.25, 0.3) is 11.1 Å². The van der Waals surface area contributed by atoms with E-state index in [1.54, 1.807) is 13.8 Å². The van der Waals surface area contributed by atoms with Crippen molar-refractivity contribution in [3.8, 4) is 11.1 Å². The van der Waals surface area contributed by atoms with Gasteiger partial charge in [0.2, 0.25) is 5.91 Å². The first-order valence-electron chi connectivity index (χ1n) is 12.0. The number of carbonyl (C=O) groups excluding carboxylic acids is 2. The minimum atomic E-state index is -1.06. The van der Waals surface area contributed by atoms with Gasteiger partial charge in [0.1, 0.15) is 12.6 Å². The van der Waals surface area contributed by atoms with Gasteiger partial charge in [-0.3, -0.25) is 4.79 Å². The van der Waals surface area contributed by atoms with Gasteiger partial charge in [0.15, 0.2) is 0 Å². The predicted molar refractivity (Wildman–Crippen MR) is 128 cm³/mol. The van der Waals surface area contributed by atoms with Crippen molar-refractivity contribution in [2.75, 3.05) is 6.61 Å². The Morgan fingerprint density at radius 1 is 0.971 bits per heavy atom. The fourth-order valence-corrected chi connectivity index (χ4v) is 5.18. The molecule has 4 rings (SSSR count). The van der Waals surface area contributed by atoms with Gasteiger partial charge in [0, 0.05) is 12.0 Å². The summed E-state index contributed by atoms with van der Waals surface area (Å²) < 4.78 is 5.65. The number of carbonyl (C=O) groups is 3. The van der Waals surface area contributed by atoms with Crippen LogP contribution >= 0.6 is 0 Å². The molecule has 0 saturated heterocycles. The quantitative estimate of drug-likeness (QED) is 0.566. The summed E-state index contributed by atoms with van der Waals surface area (Å²) in [6.07, 6.45) is 2.46. The smallest absolute Gasteiger partial charge is 0.407 e. The van der Waals surface area contributed by atoms with E-state index >= 15 is 0 Å². The zero-order chi connectivity index (χ0) is 24.2. The van der Waals surface area contributed by atoms with E-state index in [0.29, 0.717) is 12.8 Å². The van der Waals surface area contributed by atoms with E-state index in [4.69, 9.17) is 4.74 Å². The highest BCUT2D eigenvalue weighted by Crippen LogP contribution is 2.44. The van der Waals surface area contributed by atoms with E-state index in [9.17, 15) is 19.5 Å². The lowest BCUT2D eigenvalue weighted by atomic mass is 9.83. The minimum absolute atomic E-state index is 0.0361. The van der Waals surface area contributed by atoms with Crippen LogP contribution in [0, 0.1) is 11.8 Å². The predicted octanol–water partition coefficient (Wildman–Crippen LogP) is 4.31. The third-order valence-corrected chi connectivity index (χ3v) is 6.98. The SMILES string of the molecule is CC(C)[C@H](NC(=O)[C@H]1CCCC[C@H]1NC(=O)OCC1c2ccccc2-c2ccccc21)C(=O)O. The van der Waals surface area contributed by atoms with Gasteiger partial charge in [-0.2, -0.15) is 0 Å². The summed E-state index contributed by atoms with van der Waals surface area (Å²) in [5.74, 6) is -2.13. The first kappa shape index (κ1) is 23.8. The molecule has 180 valence electrons. The lowest BCUT2D eigenvalue weighted by molar-refractivity contribution is -0.144. The van der Waals surface area contributed by atoms with Crippen LogP contribution in [0.4, 0.5) is 4.79 Å². The van der Waals surface area contributed by atoms with Crippen molar-refractivity contribution in [3.63, 3.8) is 0 Å². The molecule has 34 heavy (non-hydrogen) atoms. The Morgan fingerprint density at radius 2 is 1.56 bits per heavy atom. The molecule has 0 radical (unpaired) electrons. The Hall–Kier alpha value is -3.35. The standard InChI is InChI=1S/C27H32N2O5/c1-16(2)24(26(31)32)29-25(30)21-13-7-8-14-23(21)28-27(33)34-15-22-19-11-5-3-9-17(19)18-10-4-6-12-20(18)22/h3-6,9-12,16,21-24H,7-8,13-15H2,1-2H3,(H,28,33)(H,29,30)(H,31,32)/t21-,23+,24-/m0/s1. The Balaban J connectivity index is 1.39. The molecule has 3 N–H and O–H groups in total. The monoisotopic (exact) mass is 464 g/mol. The van der Waals surface area contributed by atoms with Crippen LogP contribution in [0.2, 0.25) is 0 Å². The third kappa shape index (κ3) is 4.93. The number of benzene rings is 2. The maximum Gasteiger partial charge on any atom is 0.407 e. The summed E-state index contributed by atoms with van der Waals surface area (Å²) in [6, 6.07) is 15.0. The molecule has 2 amide bonds. The number of hydrogen-bond acceptors (Lipinski definition) is 4. The average molecular weight is 465 g/mol. The van der Waals surface area contributed by atoms with E-state index in [1.165, 1.54) is 0 Å². The minimum Gasteiger partial charge on any atom is -0.480 e. The molecule has 1 saturated carbocycles. The molecule has 0 heterocycles. The van der Waals surface area contributed by atoms with Crippen LogP contribution in [-0.4, -0.2) is 41.8 Å². The maximum absolute atomic E-state index is 12.9.